The van der Waals surface area contributed by atoms with Gasteiger partial charge in [0.15, 0.2) is 5.82 Å². The van der Waals surface area contributed by atoms with Crippen molar-refractivity contribution in [3.63, 3.8) is 0 Å². The highest BCUT2D eigenvalue weighted by Crippen LogP contribution is 2.12. The number of pyridine rings is 2. The topological polar surface area (TPSA) is 80.9 Å². The Morgan fingerprint density at radius 1 is 1.29 bits per heavy atom. The zero-order chi connectivity index (χ0) is 12.3. The fraction of sp³-hybridized carbons (Fsp3) is 0. The van der Waals surface area contributed by atoms with Crippen molar-refractivity contribution in [1.29, 1.82) is 0 Å². The first-order chi connectivity index (χ1) is 8.16. The summed E-state index contributed by atoms with van der Waals surface area (Å²) in [5.74, 6) is -0.733. The second-order valence-corrected chi connectivity index (χ2v) is 3.28. The number of nitrogens with two attached hydrogens (primary N) is 1. The molecule has 5 nitrogen and oxygen atoms in total. The highest BCUT2D eigenvalue weighted by atomic mass is 19.1. The van der Waals surface area contributed by atoms with Crippen LogP contribution in [0.3, 0.4) is 0 Å². The van der Waals surface area contributed by atoms with Crippen molar-refractivity contribution in [3.8, 4) is 0 Å². The molecular weight excluding hydrogens is 223 g/mol. The van der Waals surface area contributed by atoms with Crippen LogP contribution in [0, 0.1) is 5.82 Å². The molecule has 2 rings (SSSR count). The first kappa shape index (κ1) is 11.0. The van der Waals surface area contributed by atoms with Crippen molar-refractivity contribution in [3.05, 3.63) is 48.2 Å². The maximum absolute atomic E-state index is 13.2. The fourth-order valence-corrected chi connectivity index (χ4v) is 1.21. The molecule has 0 unspecified atom stereocenters. The smallest absolute Gasteiger partial charge is 0.257 e. The minimum atomic E-state index is -0.593. The minimum Gasteiger partial charge on any atom is -0.384 e. The summed E-state index contributed by atoms with van der Waals surface area (Å²) < 4.78 is 13.2. The van der Waals surface area contributed by atoms with Gasteiger partial charge in [0.1, 0.15) is 5.82 Å². The molecule has 0 aliphatic heterocycles. The monoisotopic (exact) mass is 232 g/mol. The van der Waals surface area contributed by atoms with Gasteiger partial charge in [0.2, 0.25) is 0 Å². The zero-order valence-corrected chi connectivity index (χ0v) is 8.72. The van der Waals surface area contributed by atoms with Crippen molar-refractivity contribution in [2.45, 2.75) is 0 Å². The molecular formula is C11H9FN4O. The Hall–Kier alpha value is -2.50. The molecule has 0 aliphatic rings. The van der Waals surface area contributed by atoms with Crippen LogP contribution in [-0.4, -0.2) is 15.9 Å². The Morgan fingerprint density at radius 3 is 2.76 bits per heavy atom. The Labute approximate surface area is 96.5 Å². The number of aromatic nitrogens is 2. The van der Waals surface area contributed by atoms with Gasteiger partial charge in [0.25, 0.3) is 5.91 Å². The molecule has 0 saturated carbocycles. The third kappa shape index (κ3) is 2.54. The Kier molecular flexibility index (Phi) is 2.95. The van der Waals surface area contributed by atoms with Crippen LogP contribution in [-0.2, 0) is 0 Å². The molecule has 0 spiro atoms. The highest BCUT2D eigenvalue weighted by Gasteiger charge is 2.09. The third-order valence-electron chi connectivity index (χ3n) is 2.07. The van der Waals surface area contributed by atoms with Gasteiger partial charge >= 0.3 is 0 Å². The highest BCUT2D eigenvalue weighted by molar-refractivity contribution is 6.04. The summed E-state index contributed by atoms with van der Waals surface area (Å²) in [4.78, 5) is 19.1. The first-order valence-electron chi connectivity index (χ1n) is 4.79. The lowest BCUT2D eigenvalue weighted by atomic mass is 10.2. The summed E-state index contributed by atoms with van der Waals surface area (Å²) in [6, 6.07) is 4.38. The maximum Gasteiger partial charge on any atom is 0.257 e. The standard InChI is InChI=1S/C11H9FN4O/c12-8-6-14-4-3-9(8)16-11(17)7-1-2-10(13)15-5-7/h1-6H,(H2,13,15)(H,14,16,17). The molecule has 0 fully saturated rings. The lowest BCUT2D eigenvalue weighted by molar-refractivity contribution is 0.102. The van der Waals surface area contributed by atoms with E-state index in [1.807, 2.05) is 0 Å². The van der Waals surface area contributed by atoms with Crippen LogP contribution in [0.15, 0.2) is 36.8 Å². The van der Waals surface area contributed by atoms with Gasteiger partial charge in [0.05, 0.1) is 17.4 Å². The number of nitrogen functional groups attached to an aromatic ring is 1. The summed E-state index contributed by atoms with van der Waals surface area (Å²) in [6.45, 7) is 0. The van der Waals surface area contributed by atoms with Crippen LogP contribution in [0.25, 0.3) is 0 Å². The number of hydrogen-bond donors (Lipinski definition) is 2. The summed E-state index contributed by atoms with van der Waals surface area (Å²) in [7, 11) is 0. The van der Waals surface area contributed by atoms with Crippen molar-refractivity contribution in [2.24, 2.45) is 0 Å². The third-order valence-corrected chi connectivity index (χ3v) is 2.07. The second kappa shape index (κ2) is 4.56. The number of carbonyl (C=O) groups excluding carboxylic acids is 1. The molecule has 1 amide bonds. The van der Waals surface area contributed by atoms with E-state index in [1.54, 1.807) is 0 Å². The molecule has 6 heteroatoms. The largest absolute Gasteiger partial charge is 0.384 e. The number of rotatable bonds is 2. The van der Waals surface area contributed by atoms with Crippen LogP contribution in [0.2, 0.25) is 0 Å². The van der Waals surface area contributed by atoms with E-state index in [-0.39, 0.29) is 5.69 Å². The van der Waals surface area contributed by atoms with E-state index in [9.17, 15) is 9.18 Å². The molecule has 0 aromatic carbocycles. The van der Waals surface area contributed by atoms with Gasteiger partial charge in [-0.3, -0.25) is 9.78 Å². The summed E-state index contributed by atoms with van der Waals surface area (Å²) >= 11 is 0. The minimum absolute atomic E-state index is 0.0711. The van der Waals surface area contributed by atoms with Crippen molar-refractivity contribution in [1.82, 2.24) is 9.97 Å². The predicted molar refractivity (Wildman–Crippen MR) is 60.8 cm³/mol. The van der Waals surface area contributed by atoms with E-state index in [2.05, 4.69) is 15.3 Å². The molecule has 0 bridgehead atoms. The van der Waals surface area contributed by atoms with Crippen molar-refractivity contribution >= 4 is 17.4 Å². The maximum atomic E-state index is 13.2. The average molecular weight is 232 g/mol. The quantitative estimate of drug-likeness (QED) is 0.821. The summed E-state index contributed by atoms with van der Waals surface area (Å²) in [5.41, 5.74) is 5.76. The predicted octanol–water partition coefficient (Wildman–Crippen LogP) is 1.45. The normalized spacial score (nSPS) is 9.94. The number of carbonyl (C=O) groups is 1. The average Bonchev–Trinajstić information content (AvgIpc) is 2.33. The van der Waals surface area contributed by atoms with Crippen LogP contribution in [0.4, 0.5) is 15.9 Å². The van der Waals surface area contributed by atoms with Gasteiger partial charge < -0.3 is 11.1 Å². The van der Waals surface area contributed by atoms with E-state index in [4.69, 9.17) is 5.73 Å². The number of hydrogen-bond acceptors (Lipinski definition) is 4. The molecule has 17 heavy (non-hydrogen) atoms. The molecule has 0 radical (unpaired) electrons. The van der Waals surface area contributed by atoms with E-state index in [0.29, 0.717) is 11.4 Å². The van der Waals surface area contributed by atoms with Crippen molar-refractivity contribution in [2.75, 3.05) is 11.1 Å². The molecule has 0 saturated heterocycles. The molecule has 86 valence electrons. The molecule has 2 heterocycles. The van der Waals surface area contributed by atoms with Gasteiger partial charge in [-0.25, -0.2) is 9.37 Å². The summed E-state index contributed by atoms with van der Waals surface area (Å²) in [6.07, 6.45) is 3.74. The second-order valence-electron chi connectivity index (χ2n) is 3.28. The molecule has 0 atom stereocenters. The Balaban J connectivity index is 2.17. The van der Waals surface area contributed by atoms with Crippen molar-refractivity contribution < 1.29 is 9.18 Å². The molecule has 3 N–H and O–H groups in total. The fourth-order valence-electron chi connectivity index (χ4n) is 1.21. The van der Waals surface area contributed by atoms with Crippen LogP contribution >= 0.6 is 0 Å². The van der Waals surface area contributed by atoms with Gasteiger partial charge in [-0.2, -0.15) is 0 Å². The molecule has 0 aliphatic carbocycles. The zero-order valence-electron chi connectivity index (χ0n) is 8.72. The van der Waals surface area contributed by atoms with E-state index < -0.39 is 11.7 Å². The number of nitrogens with one attached hydrogen (secondary N) is 1. The molecule has 2 aromatic rings. The number of amides is 1. The van der Waals surface area contributed by atoms with E-state index in [1.165, 1.54) is 30.6 Å². The van der Waals surface area contributed by atoms with Gasteiger partial charge in [0, 0.05) is 12.4 Å². The SMILES string of the molecule is Nc1ccc(C(=O)Nc2ccncc2F)cn1. The number of anilines is 2. The van der Waals surface area contributed by atoms with Gasteiger partial charge in [-0.05, 0) is 18.2 Å². The first-order valence-corrected chi connectivity index (χ1v) is 4.79. The van der Waals surface area contributed by atoms with Gasteiger partial charge in [-0.1, -0.05) is 0 Å². The summed E-state index contributed by atoms with van der Waals surface area (Å²) in [5, 5.41) is 2.41. The molecule has 2 aromatic heterocycles. The lowest BCUT2D eigenvalue weighted by Crippen LogP contribution is -2.13. The van der Waals surface area contributed by atoms with Gasteiger partial charge in [-0.15, -0.1) is 0 Å². The van der Waals surface area contributed by atoms with Crippen LogP contribution in [0.1, 0.15) is 10.4 Å². The van der Waals surface area contributed by atoms with Crippen LogP contribution < -0.4 is 11.1 Å². The number of nitrogens with zero attached hydrogens (tertiary/aromatic N) is 2. The van der Waals surface area contributed by atoms with E-state index >= 15 is 0 Å². The van der Waals surface area contributed by atoms with Crippen LogP contribution in [0.5, 0.6) is 0 Å². The van der Waals surface area contributed by atoms with E-state index in [0.717, 1.165) is 6.20 Å². The lowest BCUT2D eigenvalue weighted by Gasteiger charge is -2.05. The Morgan fingerprint density at radius 2 is 2.12 bits per heavy atom. The number of halogens is 1. The Bertz CT molecular complexity index is 541.